The average Bonchev–Trinajstić information content (AvgIpc) is 3.71. The Kier molecular flexibility index (Phi) is 4.96. The molecule has 4 aromatic carbocycles. The van der Waals surface area contributed by atoms with Crippen molar-refractivity contribution in [3.05, 3.63) is 130 Å². The molecule has 0 N–H and O–H groups in total. The minimum atomic E-state index is -1.50. The normalized spacial score (nSPS) is 28.1. The largest absolute Gasteiger partial charge is 0.497 e. The van der Waals surface area contributed by atoms with Gasteiger partial charge in [-0.05, 0) is 42.2 Å². The van der Waals surface area contributed by atoms with Crippen molar-refractivity contribution in [2.45, 2.75) is 42.0 Å². The van der Waals surface area contributed by atoms with E-state index in [4.69, 9.17) is 19.4 Å². The van der Waals surface area contributed by atoms with Crippen LogP contribution in [0.4, 0.5) is 0 Å². The second-order valence-electron chi connectivity index (χ2n) is 12.0. The van der Waals surface area contributed by atoms with E-state index in [2.05, 4.69) is 17.0 Å². The van der Waals surface area contributed by atoms with Crippen LogP contribution in [0.15, 0.2) is 97.1 Å². The summed E-state index contributed by atoms with van der Waals surface area (Å²) in [6.07, 6.45) is 0.711. The molecular formula is C35H28N4O4. The van der Waals surface area contributed by atoms with Crippen molar-refractivity contribution in [2.24, 2.45) is 0 Å². The molecule has 5 aromatic rings. The number of methoxy groups -OCH3 is 1. The summed E-state index contributed by atoms with van der Waals surface area (Å²) in [5, 5.41) is 14.0. The van der Waals surface area contributed by atoms with Gasteiger partial charge in [0, 0.05) is 28.7 Å². The van der Waals surface area contributed by atoms with Crippen molar-refractivity contribution in [2.75, 3.05) is 13.7 Å². The Morgan fingerprint density at radius 2 is 1.70 bits per heavy atom. The molecule has 5 atom stereocenters. The number of para-hydroxylation sites is 2. The quantitative estimate of drug-likeness (QED) is 0.187. The lowest BCUT2D eigenvalue weighted by Crippen LogP contribution is -2.59. The Balaban J connectivity index is 1.45. The van der Waals surface area contributed by atoms with Gasteiger partial charge in [-0.15, -0.1) is 0 Å². The number of hydrogen-bond acceptors (Lipinski definition) is 7. The molecule has 4 aliphatic rings. The van der Waals surface area contributed by atoms with Crippen molar-refractivity contribution >= 4 is 11.0 Å². The minimum absolute atomic E-state index is 0.0185. The fourth-order valence-electron chi connectivity index (χ4n) is 8.84. The third-order valence-corrected chi connectivity index (χ3v) is 10.3. The van der Waals surface area contributed by atoms with Crippen LogP contribution >= 0.6 is 0 Å². The summed E-state index contributed by atoms with van der Waals surface area (Å²) in [5.41, 5.74) is 4.37. The maximum absolute atomic E-state index is 14.0. The van der Waals surface area contributed by atoms with Crippen LogP contribution in [0, 0.1) is 10.1 Å². The Bertz CT molecular complexity index is 1970. The van der Waals surface area contributed by atoms with Crippen LogP contribution in [-0.4, -0.2) is 45.0 Å². The molecule has 0 amide bonds. The summed E-state index contributed by atoms with van der Waals surface area (Å²) < 4.78 is 12.4. The number of rotatable bonds is 3. The first-order valence-electron chi connectivity index (χ1n) is 14.8. The van der Waals surface area contributed by atoms with Gasteiger partial charge in [-0.3, -0.25) is 15.0 Å². The predicted octanol–water partition coefficient (Wildman–Crippen LogP) is 6.27. The molecule has 3 aliphatic heterocycles. The number of benzene rings is 4. The number of aromatic nitrogens is 2. The smallest absolute Gasteiger partial charge is 0.286 e. The SMILES string of the molecule is COc1ccc2c(c1)O[C@H](c1ccccc1)[C@@]1([N+](=O)[O-])[C@@H]3CCCN3[C@]3(c4ccccc4-c4nc5ccccc5nc43)[C@@H]21. The molecule has 0 radical (unpaired) electrons. The first kappa shape index (κ1) is 24.7. The van der Waals surface area contributed by atoms with Crippen LogP contribution in [0.3, 0.4) is 0 Å². The summed E-state index contributed by atoms with van der Waals surface area (Å²) in [5.74, 6) is 0.638. The molecule has 9 rings (SSSR count). The molecule has 1 aromatic heterocycles. The van der Waals surface area contributed by atoms with Gasteiger partial charge >= 0.3 is 0 Å². The van der Waals surface area contributed by atoms with Gasteiger partial charge in [0.25, 0.3) is 5.54 Å². The summed E-state index contributed by atoms with van der Waals surface area (Å²) in [6, 6.07) is 31.2. The van der Waals surface area contributed by atoms with Crippen LogP contribution in [-0.2, 0) is 5.54 Å². The van der Waals surface area contributed by atoms with E-state index in [-0.39, 0.29) is 11.0 Å². The number of hydrogen-bond donors (Lipinski definition) is 0. The Morgan fingerprint density at radius 3 is 2.49 bits per heavy atom. The molecule has 1 spiro atoms. The van der Waals surface area contributed by atoms with Crippen molar-refractivity contribution in [3.8, 4) is 22.8 Å². The Hall–Kier alpha value is -4.82. The zero-order valence-electron chi connectivity index (χ0n) is 23.5. The second kappa shape index (κ2) is 8.61. The molecule has 212 valence electrons. The lowest BCUT2D eigenvalue weighted by atomic mass is 9.62. The third-order valence-electron chi connectivity index (χ3n) is 10.3. The van der Waals surface area contributed by atoms with E-state index in [1.807, 2.05) is 84.9 Å². The lowest BCUT2D eigenvalue weighted by molar-refractivity contribution is -0.591. The van der Waals surface area contributed by atoms with Gasteiger partial charge in [0.05, 0.1) is 41.5 Å². The monoisotopic (exact) mass is 568 g/mol. The molecule has 2 fully saturated rings. The number of ether oxygens (including phenoxy) is 2. The summed E-state index contributed by atoms with van der Waals surface area (Å²) in [7, 11) is 1.62. The fourth-order valence-corrected chi connectivity index (χ4v) is 8.84. The van der Waals surface area contributed by atoms with Gasteiger partial charge in [-0.1, -0.05) is 72.8 Å². The highest BCUT2D eigenvalue weighted by Crippen LogP contribution is 2.72. The molecular weight excluding hydrogens is 540 g/mol. The van der Waals surface area contributed by atoms with Crippen molar-refractivity contribution in [1.82, 2.24) is 14.9 Å². The van der Waals surface area contributed by atoms with Crippen LogP contribution < -0.4 is 9.47 Å². The minimum Gasteiger partial charge on any atom is -0.497 e. The van der Waals surface area contributed by atoms with E-state index in [9.17, 15) is 10.1 Å². The van der Waals surface area contributed by atoms with E-state index in [0.717, 1.165) is 51.1 Å². The van der Waals surface area contributed by atoms with Gasteiger partial charge in [0.15, 0.2) is 6.10 Å². The van der Waals surface area contributed by atoms with Gasteiger partial charge in [0.1, 0.15) is 17.0 Å². The molecule has 8 heteroatoms. The maximum Gasteiger partial charge on any atom is 0.286 e. The fraction of sp³-hybridized carbons (Fsp3) is 0.257. The Morgan fingerprint density at radius 1 is 0.953 bits per heavy atom. The molecule has 0 bridgehead atoms. The maximum atomic E-state index is 14.0. The average molecular weight is 569 g/mol. The van der Waals surface area contributed by atoms with E-state index in [1.54, 1.807) is 7.11 Å². The molecule has 1 aliphatic carbocycles. The third kappa shape index (κ3) is 2.89. The van der Waals surface area contributed by atoms with E-state index < -0.39 is 23.1 Å². The van der Waals surface area contributed by atoms with Crippen LogP contribution in [0.5, 0.6) is 11.5 Å². The predicted molar refractivity (Wildman–Crippen MR) is 161 cm³/mol. The first-order chi connectivity index (χ1) is 21.1. The van der Waals surface area contributed by atoms with Crippen molar-refractivity contribution < 1.29 is 14.4 Å². The zero-order valence-corrected chi connectivity index (χ0v) is 23.5. The molecule has 8 nitrogen and oxygen atoms in total. The number of nitro groups is 1. The molecule has 43 heavy (non-hydrogen) atoms. The summed E-state index contributed by atoms with van der Waals surface area (Å²) in [6.45, 7) is 0.714. The van der Waals surface area contributed by atoms with Gasteiger partial charge < -0.3 is 9.47 Å². The highest BCUT2D eigenvalue weighted by molar-refractivity contribution is 5.85. The van der Waals surface area contributed by atoms with Crippen LogP contribution in [0.1, 0.15) is 47.2 Å². The number of nitrogens with zero attached hydrogens (tertiary/aromatic N) is 4. The van der Waals surface area contributed by atoms with Crippen molar-refractivity contribution in [1.29, 1.82) is 0 Å². The standard InChI is InChI=1S/C35H28N4O4/c1-42-22-17-18-24-28(20-22)43-33(21-10-3-2-4-11-21)35(39(40)41)29-16-9-19-38(29)34(31(24)35)25-13-6-5-12-23(25)30-32(34)37-27-15-8-7-14-26(27)36-30/h2-8,10-15,17-18,20,29,31,33H,9,16,19H2,1H3/t29-,31+,33+,34+,35+/m0/s1. The number of fused-ring (bicyclic) bond motifs is 13. The highest BCUT2D eigenvalue weighted by atomic mass is 16.6. The topological polar surface area (TPSA) is 90.6 Å². The zero-order chi connectivity index (χ0) is 28.9. The van der Waals surface area contributed by atoms with Gasteiger partial charge in [-0.25, -0.2) is 9.97 Å². The van der Waals surface area contributed by atoms with E-state index in [1.165, 1.54) is 0 Å². The Labute approximate surface area is 248 Å². The molecule has 4 heterocycles. The first-order valence-corrected chi connectivity index (χ1v) is 14.8. The van der Waals surface area contributed by atoms with E-state index >= 15 is 0 Å². The molecule has 0 saturated carbocycles. The van der Waals surface area contributed by atoms with Gasteiger partial charge in [-0.2, -0.15) is 0 Å². The second-order valence-corrected chi connectivity index (χ2v) is 12.0. The summed E-state index contributed by atoms with van der Waals surface area (Å²) in [4.78, 5) is 27.0. The van der Waals surface area contributed by atoms with Crippen molar-refractivity contribution in [3.63, 3.8) is 0 Å². The van der Waals surface area contributed by atoms with Gasteiger partial charge in [0.2, 0.25) is 0 Å². The highest BCUT2D eigenvalue weighted by Gasteiger charge is 2.82. The van der Waals surface area contributed by atoms with Crippen LogP contribution in [0.2, 0.25) is 0 Å². The van der Waals surface area contributed by atoms with Crippen LogP contribution in [0.25, 0.3) is 22.3 Å². The molecule has 0 unspecified atom stereocenters. The lowest BCUT2D eigenvalue weighted by Gasteiger charge is -2.45. The summed E-state index contributed by atoms with van der Waals surface area (Å²) >= 11 is 0. The molecule has 2 saturated heterocycles. The van der Waals surface area contributed by atoms with E-state index in [0.29, 0.717) is 24.5 Å².